The van der Waals surface area contributed by atoms with Gasteiger partial charge in [0.1, 0.15) is 22.9 Å². The van der Waals surface area contributed by atoms with E-state index in [0.717, 1.165) is 28.2 Å². The molecule has 21 heavy (non-hydrogen) atoms. The lowest BCUT2D eigenvalue weighted by molar-refractivity contribution is 0.0603. The van der Waals surface area contributed by atoms with Gasteiger partial charge in [0.25, 0.3) is 0 Å². The molecule has 0 radical (unpaired) electrons. The van der Waals surface area contributed by atoms with E-state index in [1.165, 1.54) is 7.11 Å². The number of ether oxygens (including phenoxy) is 1. The Kier molecular flexibility index (Phi) is 3.05. The van der Waals surface area contributed by atoms with Gasteiger partial charge in [0.15, 0.2) is 0 Å². The molecule has 0 spiro atoms. The number of imidazole rings is 1. The lowest BCUT2D eigenvalue weighted by atomic mass is 10.1. The summed E-state index contributed by atoms with van der Waals surface area (Å²) < 4.78 is 10.4. The summed E-state index contributed by atoms with van der Waals surface area (Å²) in [6, 6.07) is 5.39. The Morgan fingerprint density at radius 1 is 1.24 bits per heavy atom. The molecule has 1 aromatic carbocycles. The van der Waals surface area contributed by atoms with Gasteiger partial charge < -0.3 is 14.1 Å². The third-order valence-electron chi connectivity index (χ3n) is 3.72. The first-order valence-electron chi connectivity index (χ1n) is 6.67. The molecule has 2 heterocycles. The molecular formula is C16H16N2O3. The number of furan rings is 1. The number of carbonyl (C=O) groups is 1. The number of rotatable bonds is 2. The quantitative estimate of drug-likeness (QED) is 0.731. The minimum atomic E-state index is -0.393. The summed E-state index contributed by atoms with van der Waals surface area (Å²) in [4.78, 5) is 19.6. The summed E-state index contributed by atoms with van der Waals surface area (Å²) in [7, 11) is 1.36. The third kappa shape index (κ3) is 2.01. The van der Waals surface area contributed by atoms with E-state index in [9.17, 15) is 4.79 Å². The predicted molar refractivity (Wildman–Crippen MR) is 79.3 cm³/mol. The van der Waals surface area contributed by atoms with Crippen LogP contribution in [0.25, 0.3) is 22.4 Å². The molecule has 108 valence electrons. The fourth-order valence-corrected chi connectivity index (χ4v) is 2.57. The second kappa shape index (κ2) is 4.77. The number of hydrogen-bond acceptors (Lipinski definition) is 4. The Labute approximate surface area is 121 Å². The molecule has 0 fully saturated rings. The summed E-state index contributed by atoms with van der Waals surface area (Å²) >= 11 is 0. The molecule has 5 heteroatoms. The van der Waals surface area contributed by atoms with Crippen molar-refractivity contribution >= 4 is 17.0 Å². The van der Waals surface area contributed by atoms with Gasteiger partial charge in [-0.25, -0.2) is 9.78 Å². The number of hydrogen-bond donors (Lipinski definition) is 1. The van der Waals surface area contributed by atoms with E-state index < -0.39 is 5.97 Å². The number of aromatic amines is 1. The predicted octanol–water partition coefficient (Wildman–Crippen LogP) is 3.53. The van der Waals surface area contributed by atoms with Gasteiger partial charge in [-0.1, -0.05) is 6.07 Å². The average Bonchev–Trinajstić information content (AvgIpc) is 2.99. The van der Waals surface area contributed by atoms with Gasteiger partial charge in [-0.2, -0.15) is 0 Å². The number of para-hydroxylation sites is 1. The highest BCUT2D eigenvalue weighted by molar-refractivity contribution is 6.02. The zero-order valence-corrected chi connectivity index (χ0v) is 12.4. The largest absolute Gasteiger partial charge is 0.466 e. The molecule has 0 saturated carbocycles. The van der Waals surface area contributed by atoms with Crippen LogP contribution in [-0.2, 0) is 4.74 Å². The smallest absolute Gasteiger partial charge is 0.340 e. The van der Waals surface area contributed by atoms with Crippen LogP contribution < -0.4 is 0 Å². The second-order valence-electron chi connectivity index (χ2n) is 4.99. The molecule has 2 aromatic heterocycles. The monoisotopic (exact) mass is 284 g/mol. The van der Waals surface area contributed by atoms with Gasteiger partial charge in [0.2, 0.25) is 0 Å². The standard InChI is InChI=1S/C16H16N2O3/c1-8-9(2)21-10(3)13(8)15-17-12-7-5-6-11(14(12)18-15)16(19)20-4/h5-7H,1-4H3,(H,17,18). The molecule has 3 aromatic rings. The lowest BCUT2D eigenvalue weighted by Gasteiger charge is -1.98. The van der Waals surface area contributed by atoms with Crippen LogP contribution in [0.2, 0.25) is 0 Å². The summed E-state index contributed by atoms with van der Waals surface area (Å²) in [6.07, 6.45) is 0. The van der Waals surface area contributed by atoms with Gasteiger partial charge in [0, 0.05) is 5.56 Å². The summed E-state index contributed by atoms with van der Waals surface area (Å²) in [5.41, 5.74) is 3.85. The Balaban J connectivity index is 2.24. The molecule has 0 saturated heterocycles. The highest BCUT2D eigenvalue weighted by Gasteiger charge is 2.19. The van der Waals surface area contributed by atoms with Gasteiger partial charge in [-0.15, -0.1) is 0 Å². The van der Waals surface area contributed by atoms with Crippen molar-refractivity contribution in [1.29, 1.82) is 0 Å². The number of benzene rings is 1. The summed E-state index contributed by atoms with van der Waals surface area (Å²) in [6.45, 7) is 5.83. The third-order valence-corrected chi connectivity index (χ3v) is 3.72. The van der Waals surface area contributed by atoms with Crippen LogP contribution in [0.15, 0.2) is 22.6 Å². The van der Waals surface area contributed by atoms with Crippen LogP contribution in [0.4, 0.5) is 0 Å². The Morgan fingerprint density at radius 3 is 2.62 bits per heavy atom. The van der Waals surface area contributed by atoms with Crippen LogP contribution >= 0.6 is 0 Å². The lowest BCUT2D eigenvalue weighted by Crippen LogP contribution is -2.01. The highest BCUT2D eigenvalue weighted by Crippen LogP contribution is 2.31. The molecule has 5 nitrogen and oxygen atoms in total. The van der Waals surface area contributed by atoms with Crippen molar-refractivity contribution in [1.82, 2.24) is 9.97 Å². The topological polar surface area (TPSA) is 68.1 Å². The van der Waals surface area contributed by atoms with Gasteiger partial charge in [-0.05, 0) is 32.9 Å². The molecule has 0 amide bonds. The summed E-state index contributed by atoms with van der Waals surface area (Å²) in [5, 5.41) is 0. The number of fused-ring (bicyclic) bond motifs is 1. The Hall–Kier alpha value is -2.56. The highest BCUT2D eigenvalue weighted by atomic mass is 16.5. The maximum Gasteiger partial charge on any atom is 0.340 e. The van der Waals surface area contributed by atoms with Crippen LogP contribution in [0.1, 0.15) is 27.4 Å². The molecule has 0 aliphatic rings. The van der Waals surface area contributed by atoms with Gasteiger partial charge >= 0.3 is 5.97 Å². The van der Waals surface area contributed by atoms with Crippen molar-refractivity contribution in [3.63, 3.8) is 0 Å². The first kappa shape index (κ1) is 13.4. The van der Waals surface area contributed by atoms with Crippen LogP contribution in [0.3, 0.4) is 0 Å². The second-order valence-corrected chi connectivity index (χ2v) is 4.99. The van der Waals surface area contributed by atoms with E-state index >= 15 is 0 Å². The van der Waals surface area contributed by atoms with Crippen LogP contribution in [-0.4, -0.2) is 23.0 Å². The molecule has 3 rings (SSSR count). The van der Waals surface area contributed by atoms with E-state index in [1.54, 1.807) is 12.1 Å². The number of nitrogens with zero attached hydrogens (tertiary/aromatic N) is 1. The van der Waals surface area contributed by atoms with E-state index in [2.05, 4.69) is 9.97 Å². The Morgan fingerprint density at radius 2 is 2.00 bits per heavy atom. The zero-order chi connectivity index (χ0) is 15.1. The van der Waals surface area contributed by atoms with E-state index in [0.29, 0.717) is 16.9 Å². The zero-order valence-electron chi connectivity index (χ0n) is 12.4. The molecule has 0 unspecified atom stereocenters. The van der Waals surface area contributed by atoms with Crippen LogP contribution in [0, 0.1) is 20.8 Å². The first-order chi connectivity index (χ1) is 10.0. The van der Waals surface area contributed by atoms with Gasteiger partial charge in [0.05, 0.1) is 23.8 Å². The number of aryl methyl sites for hydroxylation is 2. The SMILES string of the molecule is COC(=O)c1cccc2[nH]c(-c3c(C)oc(C)c3C)nc12. The minimum Gasteiger partial charge on any atom is -0.466 e. The molecule has 0 atom stereocenters. The number of carbonyl (C=O) groups excluding carboxylic acids is 1. The number of esters is 1. The molecule has 0 bridgehead atoms. The molecular weight excluding hydrogens is 268 g/mol. The number of aromatic nitrogens is 2. The van der Waals surface area contributed by atoms with Crippen molar-refractivity contribution < 1.29 is 13.9 Å². The maximum atomic E-state index is 11.8. The fourth-order valence-electron chi connectivity index (χ4n) is 2.57. The Bertz CT molecular complexity index is 843. The summed E-state index contributed by atoms with van der Waals surface area (Å²) in [5.74, 6) is 1.99. The number of nitrogens with one attached hydrogen (secondary N) is 1. The van der Waals surface area contributed by atoms with Crippen molar-refractivity contribution in [2.24, 2.45) is 0 Å². The average molecular weight is 284 g/mol. The van der Waals surface area contributed by atoms with Gasteiger partial charge in [-0.3, -0.25) is 0 Å². The molecule has 0 aliphatic carbocycles. The van der Waals surface area contributed by atoms with E-state index in [4.69, 9.17) is 9.15 Å². The normalized spacial score (nSPS) is 11.0. The minimum absolute atomic E-state index is 0.393. The first-order valence-corrected chi connectivity index (χ1v) is 6.67. The van der Waals surface area contributed by atoms with Crippen molar-refractivity contribution in [2.45, 2.75) is 20.8 Å². The number of methoxy groups -OCH3 is 1. The van der Waals surface area contributed by atoms with Crippen molar-refractivity contribution in [3.05, 3.63) is 40.8 Å². The van der Waals surface area contributed by atoms with Crippen molar-refractivity contribution in [2.75, 3.05) is 7.11 Å². The molecule has 1 N–H and O–H groups in total. The maximum absolute atomic E-state index is 11.8. The van der Waals surface area contributed by atoms with Crippen LogP contribution in [0.5, 0.6) is 0 Å². The number of H-pyrrole nitrogens is 1. The van der Waals surface area contributed by atoms with E-state index in [1.807, 2.05) is 26.8 Å². The molecule has 0 aliphatic heterocycles. The fraction of sp³-hybridized carbons (Fsp3) is 0.250. The van der Waals surface area contributed by atoms with Crippen molar-refractivity contribution in [3.8, 4) is 11.4 Å². The van der Waals surface area contributed by atoms with E-state index in [-0.39, 0.29) is 0 Å².